The van der Waals surface area contributed by atoms with Crippen molar-refractivity contribution < 1.29 is 13.9 Å². The zero-order chi connectivity index (χ0) is 23.3. The summed E-state index contributed by atoms with van der Waals surface area (Å²) in [6.07, 6.45) is 4.50. The zero-order valence-electron chi connectivity index (χ0n) is 19.5. The number of hydrogen-bond acceptors (Lipinski definition) is 1. The van der Waals surface area contributed by atoms with Crippen LogP contribution in [-0.4, -0.2) is 4.40 Å². The molecule has 0 amide bonds. The van der Waals surface area contributed by atoms with Crippen molar-refractivity contribution in [3.8, 4) is 22.8 Å². The molecule has 0 N–H and O–H groups in total. The number of aryl methyl sites for hydroxylation is 1. The van der Waals surface area contributed by atoms with E-state index in [4.69, 9.17) is 4.74 Å². The van der Waals surface area contributed by atoms with Crippen LogP contribution in [0.15, 0.2) is 97.3 Å². The van der Waals surface area contributed by atoms with E-state index in [1.54, 1.807) is 0 Å². The predicted octanol–water partition coefficient (Wildman–Crippen LogP) is 5.98. The van der Waals surface area contributed by atoms with Gasteiger partial charge in [0.1, 0.15) is 11.5 Å². The van der Waals surface area contributed by atoms with Crippen molar-refractivity contribution >= 4 is 38.1 Å². The number of pyridine rings is 3. The van der Waals surface area contributed by atoms with Crippen LogP contribution in [-0.2, 0) is 5.66 Å². The number of benzene rings is 3. The van der Waals surface area contributed by atoms with Crippen LogP contribution >= 0.6 is 0 Å². The highest BCUT2D eigenvalue weighted by molar-refractivity contribution is 6.20. The second-order valence-electron chi connectivity index (χ2n) is 10.2. The molecule has 0 fully saturated rings. The van der Waals surface area contributed by atoms with Gasteiger partial charge in [-0.2, -0.15) is 0 Å². The Morgan fingerprint density at radius 3 is 2.44 bits per heavy atom. The number of aromatic nitrogens is 3. The molecule has 0 radical (unpaired) electrons. The van der Waals surface area contributed by atoms with Gasteiger partial charge in [0, 0.05) is 34.7 Å². The lowest BCUT2D eigenvalue weighted by Gasteiger charge is -2.25. The van der Waals surface area contributed by atoms with Gasteiger partial charge in [0.25, 0.3) is 0 Å². The first-order chi connectivity index (χ1) is 17.8. The van der Waals surface area contributed by atoms with E-state index in [1.807, 2.05) is 0 Å². The molecule has 36 heavy (non-hydrogen) atoms. The summed E-state index contributed by atoms with van der Waals surface area (Å²) >= 11 is 0. The van der Waals surface area contributed by atoms with E-state index in [1.165, 1.54) is 66.2 Å². The van der Waals surface area contributed by atoms with Crippen LogP contribution in [0, 0.1) is 6.92 Å². The van der Waals surface area contributed by atoms with Gasteiger partial charge in [0.15, 0.2) is 23.5 Å². The van der Waals surface area contributed by atoms with E-state index in [2.05, 4.69) is 118 Å². The normalized spacial score (nSPS) is 17.9. The molecule has 1 spiro atoms. The van der Waals surface area contributed by atoms with Gasteiger partial charge in [-0.1, -0.05) is 30.3 Å². The van der Waals surface area contributed by atoms with Gasteiger partial charge in [0.05, 0.1) is 27.4 Å². The minimum absolute atomic E-state index is 0.513. The Balaban J connectivity index is 1.57. The van der Waals surface area contributed by atoms with Crippen molar-refractivity contribution in [3.05, 3.63) is 114 Å². The van der Waals surface area contributed by atoms with E-state index in [9.17, 15) is 0 Å². The van der Waals surface area contributed by atoms with Crippen LogP contribution in [0.3, 0.4) is 0 Å². The SMILES string of the molecule is Cc1c2ccccc2c2c3ccc[n+]4c3c3c5c(ccc3n12)Oc1cccc2c1C54[n+]1ccccc1-2. The maximum absolute atomic E-state index is 6.68. The molecule has 0 saturated heterocycles. The minimum atomic E-state index is -0.513. The third-order valence-corrected chi connectivity index (χ3v) is 8.78. The Kier molecular flexibility index (Phi) is 2.66. The maximum atomic E-state index is 6.68. The molecular formula is C32H19N3O+2. The van der Waals surface area contributed by atoms with Crippen LogP contribution in [0.1, 0.15) is 16.8 Å². The van der Waals surface area contributed by atoms with Crippen molar-refractivity contribution in [2.75, 3.05) is 0 Å². The fourth-order valence-corrected chi connectivity index (χ4v) is 7.61. The number of rotatable bonds is 0. The first-order valence-corrected chi connectivity index (χ1v) is 12.5. The third-order valence-electron chi connectivity index (χ3n) is 8.78. The van der Waals surface area contributed by atoms with Crippen LogP contribution in [0.5, 0.6) is 11.5 Å². The van der Waals surface area contributed by atoms with Gasteiger partial charge >= 0.3 is 5.66 Å². The van der Waals surface area contributed by atoms with Crippen LogP contribution in [0.2, 0.25) is 0 Å². The van der Waals surface area contributed by atoms with Crippen LogP contribution < -0.4 is 13.9 Å². The van der Waals surface area contributed by atoms with Crippen molar-refractivity contribution in [2.45, 2.75) is 12.6 Å². The molecule has 10 rings (SSSR count). The smallest absolute Gasteiger partial charge is 0.425 e. The Bertz CT molecular complexity index is 2210. The van der Waals surface area contributed by atoms with E-state index in [0.29, 0.717) is 0 Å². The van der Waals surface area contributed by atoms with Gasteiger partial charge in [0.2, 0.25) is 11.2 Å². The quantitative estimate of drug-likeness (QED) is 0.201. The molecule has 3 aromatic carbocycles. The molecule has 0 bridgehead atoms. The fourth-order valence-electron chi connectivity index (χ4n) is 7.61. The first-order valence-electron chi connectivity index (χ1n) is 12.5. The Morgan fingerprint density at radius 2 is 1.50 bits per heavy atom. The van der Waals surface area contributed by atoms with Gasteiger partial charge in [-0.3, -0.25) is 0 Å². The van der Waals surface area contributed by atoms with Gasteiger partial charge < -0.3 is 9.14 Å². The van der Waals surface area contributed by atoms with Gasteiger partial charge in [-0.15, -0.1) is 9.13 Å². The Morgan fingerprint density at radius 1 is 0.694 bits per heavy atom. The zero-order valence-corrected chi connectivity index (χ0v) is 19.5. The molecule has 0 saturated carbocycles. The lowest BCUT2D eigenvalue weighted by atomic mass is 9.86. The first kappa shape index (κ1) is 17.7. The van der Waals surface area contributed by atoms with E-state index >= 15 is 0 Å². The molecule has 4 heteroatoms. The summed E-state index contributed by atoms with van der Waals surface area (Å²) in [5.41, 5.74) is 9.47. The summed E-state index contributed by atoms with van der Waals surface area (Å²) in [5.74, 6) is 1.88. The van der Waals surface area contributed by atoms with Crippen molar-refractivity contribution in [2.24, 2.45) is 0 Å². The third kappa shape index (κ3) is 1.57. The summed E-state index contributed by atoms with van der Waals surface area (Å²) in [6.45, 7) is 2.24. The highest BCUT2D eigenvalue weighted by Gasteiger charge is 2.70. The number of ether oxygens (including phenoxy) is 1. The Labute approximate surface area is 205 Å². The van der Waals surface area contributed by atoms with Crippen molar-refractivity contribution in [3.63, 3.8) is 0 Å². The average molecular weight is 462 g/mol. The molecule has 7 aromatic rings. The standard InChI is InChI=1S/C32H19N3O/c1-18-19-8-2-3-9-20(19)30-22-11-7-17-34-31(22)27-24(35(18)30)14-15-26-29(27)32(34)28-21(10-6-13-25(28)36-26)23-12-4-5-16-33(23)32/h2-17H,1H3/q+2. The minimum Gasteiger partial charge on any atom is -0.456 e. The molecule has 3 aliphatic heterocycles. The summed E-state index contributed by atoms with van der Waals surface area (Å²) < 4.78 is 14.1. The van der Waals surface area contributed by atoms with Crippen molar-refractivity contribution in [1.82, 2.24) is 4.40 Å². The molecule has 3 aliphatic rings. The van der Waals surface area contributed by atoms with E-state index < -0.39 is 5.66 Å². The monoisotopic (exact) mass is 461 g/mol. The topological polar surface area (TPSA) is 21.4 Å². The fraction of sp³-hybridized carbons (Fsp3) is 0.0625. The van der Waals surface area contributed by atoms with Crippen LogP contribution in [0.25, 0.3) is 49.4 Å². The summed E-state index contributed by atoms with van der Waals surface area (Å²) in [5, 5.41) is 5.16. The molecule has 1 atom stereocenters. The molecule has 0 aliphatic carbocycles. The lowest BCUT2D eigenvalue weighted by molar-refractivity contribution is -0.950. The summed E-state index contributed by atoms with van der Waals surface area (Å²) in [7, 11) is 0. The molecular weight excluding hydrogens is 442 g/mol. The van der Waals surface area contributed by atoms with Crippen LogP contribution in [0.4, 0.5) is 0 Å². The maximum Gasteiger partial charge on any atom is 0.425 e. The van der Waals surface area contributed by atoms with Crippen molar-refractivity contribution in [1.29, 1.82) is 0 Å². The second kappa shape index (κ2) is 5.42. The number of fused-ring (bicyclic) bond motifs is 7. The highest BCUT2D eigenvalue weighted by atomic mass is 16.5. The molecule has 4 nitrogen and oxygen atoms in total. The van der Waals surface area contributed by atoms with Gasteiger partial charge in [-0.25, -0.2) is 0 Å². The largest absolute Gasteiger partial charge is 0.456 e. The second-order valence-corrected chi connectivity index (χ2v) is 10.2. The number of hydrogen-bond donors (Lipinski definition) is 0. The molecule has 166 valence electrons. The summed E-state index contributed by atoms with van der Waals surface area (Å²) in [6, 6.07) is 30.7. The average Bonchev–Trinajstić information content (AvgIpc) is 3.53. The number of nitrogens with zero attached hydrogens (tertiary/aromatic N) is 3. The predicted molar refractivity (Wildman–Crippen MR) is 139 cm³/mol. The van der Waals surface area contributed by atoms with E-state index in [0.717, 1.165) is 11.5 Å². The van der Waals surface area contributed by atoms with E-state index in [-0.39, 0.29) is 0 Å². The van der Waals surface area contributed by atoms with Gasteiger partial charge in [-0.05, 0) is 43.3 Å². The molecule has 7 heterocycles. The highest BCUT2D eigenvalue weighted by Crippen LogP contribution is 2.57. The Hall–Kier alpha value is -4.70. The molecule has 1 unspecified atom stereocenters. The lowest BCUT2D eigenvalue weighted by Crippen LogP contribution is -2.71. The molecule has 4 aromatic heterocycles. The summed E-state index contributed by atoms with van der Waals surface area (Å²) in [4.78, 5) is 0.